The summed E-state index contributed by atoms with van der Waals surface area (Å²) in [5, 5.41) is 6.40. The largest absolute Gasteiger partial charge is 0.352 e. The number of amides is 1. The van der Waals surface area contributed by atoms with Gasteiger partial charge in [-0.1, -0.05) is 0 Å². The van der Waals surface area contributed by atoms with Gasteiger partial charge in [0.1, 0.15) is 0 Å². The Morgan fingerprint density at radius 3 is 3.26 bits per heavy atom. The van der Waals surface area contributed by atoms with Crippen molar-refractivity contribution < 1.29 is 4.79 Å². The number of carbonyl (C=O) groups excluding carboxylic acids is 1. The van der Waals surface area contributed by atoms with Gasteiger partial charge in [-0.2, -0.15) is 0 Å². The minimum absolute atomic E-state index is 0.0190. The number of H-pyrrole nitrogens is 1. The van der Waals surface area contributed by atoms with Crippen LogP contribution < -0.4 is 10.6 Å². The second-order valence-electron chi connectivity index (χ2n) is 4.97. The summed E-state index contributed by atoms with van der Waals surface area (Å²) >= 11 is 0. The first kappa shape index (κ1) is 12.2. The molecule has 100 valence electrons. The fraction of sp³-hybridized carbons (Fsp3) is 0.429. The van der Waals surface area contributed by atoms with Gasteiger partial charge in [-0.05, 0) is 44.0 Å². The van der Waals surface area contributed by atoms with E-state index < -0.39 is 0 Å². The van der Waals surface area contributed by atoms with E-state index in [1.54, 1.807) is 6.33 Å². The van der Waals surface area contributed by atoms with Crippen molar-refractivity contribution in [2.75, 3.05) is 13.1 Å². The molecule has 1 aromatic carbocycles. The fourth-order valence-corrected chi connectivity index (χ4v) is 2.54. The van der Waals surface area contributed by atoms with Gasteiger partial charge in [0, 0.05) is 18.2 Å². The summed E-state index contributed by atoms with van der Waals surface area (Å²) in [6.45, 7) is 1.83. The number of aromatic nitrogens is 2. The van der Waals surface area contributed by atoms with Crippen molar-refractivity contribution in [3.63, 3.8) is 0 Å². The zero-order chi connectivity index (χ0) is 13.1. The molecular weight excluding hydrogens is 240 g/mol. The molecule has 1 fully saturated rings. The molecule has 1 aliphatic rings. The number of imidazole rings is 1. The van der Waals surface area contributed by atoms with E-state index in [2.05, 4.69) is 20.6 Å². The predicted molar refractivity (Wildman–Crippen MR) is 74.1 cm³/mol. The Bertz CT molecular complexity index is 572. The first-order valence-corrected chi connectivity index (χ1v) is 6.77. The summed E-state index contributed by atoms with van der Waals surface area (Å²) in [7, 11) is 0. The molecule has 0 saturated carbocycles. The lowest BCUT2D eigenvalue weighted by molar-refractivity contribution is 0.0952. The van der Waals surface area contributed by atoms with E-state index in [0.717, 1.165) is 30.5 Å². The molecule has 1 saturated heterocycles. The number of hydrogen-bond donors (Lipinski definition) is 3. The Morgan fingerprint density at radius 1 is 1.47 bits per heavy atom. The molecule has 2 heterocycles. The van der Waals surface area contributed by atoms with Crippen LogP contribution >= 0.6 is 0 Å². The van der Waals surface area contributed by atoms with E-state index in [1.807, 2.05) is 18.2 Å². The molecule has 1 unspecified atom stereocenters. The van der Waals surface area contributed by atoms with Gasteiger partial charge in [-0.15, -0.1) is 0 Å². The lowest BCUT2D eigenvalue weighted by atomic mass is 10.1. The maximum Gasteiger partial charge on any atom is 0.251 e. The Hall–Kier alpha value is -1.88. The molecule has 0 radical (unpaired) electrons. The molecule has 3 N–H and O–H groups in total. The third-order valence-electron chi connectivity index (χ3n) is 3.62. The summed E-state index contributed by atoms with van der Waals surface area (Å²) < 4.78 is 0. The summed E-state index contributed by atoms with van der Waals surface area (Å²) in [5.41, 5.74) is 2.45. The van der Waals surface area contributed by atoms with Crippen LogP contribution in [-0.4, -0.2) is 35.0 Å². The monoisotopic (exact) mass is 258 g/mol. The summed E-state index contributed by atoms with van der Waals surface area (Å²) in [4.78, 5) is 19.2. The first-order chi connectivity index (χ1) is 9.33. The van der Waals surface area contributed by atoms with Crippen molar-refractivity contribution in [3.8, 4) is 0 Å². The van der Waals surface area contributed by atoms with Gasteiger partial charge in [0.2, 0.25) is 0 Å². The molecule has 0 aliphatic carbocycles. The number of hydrogen-bond acceptors (Lipinski definition) is 3. The second-order valence-corrected chi connectivity index (χ2v) is 4.97. The van der Waals surface area contributed by atoms with Gasteiger partial charge in [-0.25, -0.2) is 4.98 Å². The minimum atomic E-state index is -0.0190. The van der Waals surface area contributed by atoms with E-state index in [9.17, 15) is 4.79 Å². The molecule has 3 rings (SSSR count). The van der Waals surface area contributed by atoms with Gasteiger partial charge >= 0.3 is 0 Å². The third-order valence-corrected chi connectivity index (χ3v) is 3.62. The molecule has 1 atom stereocenters. The molecule has 1 aromatic heterocycles. The van der Waals surface area contributed by atoms with Crippen LogP contribution in [0, 0.1) is 0 Å². The Morgan fingerprint density at radius 2 is 2.42 bits per heavy atom. The topological polar surface area (TPSA) is 69.8 Å². The average molecular weight is 258 g/mol. The Kier molecular flexibility index (Phi) is 3.46. The van der Waals surface area contributed by atoms with Crippen LogP contribution in [0.3, 0.4) is 0 Å². The van der Waals surface area contributed by atoms with Crippen LogP contribution in [0.1, 0.15) is 29.6 Å². The predicted octanol–water partition coefficient (Wildman–Crippen LogP) is 1.43. The van der Waals surface area contributed by atoms with E-state index >= 15 is 0 Å². The average Bonchev–Trinajstić information content (AvgIpc) is 3.08. The molecule has 0 spiro atoms. The summed E-state index contributed by atoms with van der Waals surface area (Å²) in [6.07, 6.45) is 5.10. The van der Waals surface area contributed by atoms with Crippen LogP contribution in [0.25, 0.3) is 11.0 Å². The van der Waals surface area contributed by atoms with Gasteiger partial charge < -0.3 is 15.6 Å². The molecule has 2 aromatic rings. The van der Waals surface area contributed by atoms with E-state index in [-0.39, 0.29) is 5.91 Å². The standard InChI is InChI=1S/C14H18N4O/c19-14(16-7-5-11-2-1-6-15-11)10-3-4-12-13(8-10)18-9-17-12/h3-4,8-9,11,15H,1-2,5-7H2,(H,16,19)(H,17,18). The molecule has 19 heavy (non-hydrogen) atoms. The van der Waals surface area contributed by atoms with Gasteiger partial charge in [-0.3, -0.25) is 4.79 Å². The van der Waals surface area contributed by atoms with Crippen LogP contribution in [-0.2, 0) is 0 Å². The highest BCUT2D eigenvalue weighted by atomic mass is 16.1. The lowest BCUT2D eigenvalue weighted by Crippen LogP contribution is -2.30. The van der Waals surface area contributed by atoms with Gasteiger partial charge in [0.25, 0.3) is 5.91 Å². The number of fused-ring (bicyclic) bond motifs is 1. The van der Waals surface area contributed by atoms with Gasteiger partial charge in [0.15, 0.2) is 0 Å². The van der Waals surface area contributed by atoms with Crippen LogP contribution in [0.2, 0.25) is 0 Å². The normalized spacial score (nSPS) is 18.8. The zero-order valence-corrected chi connectivity index (χ0v) is 10.8. The van der Waals surface area contributed by atoms with Crippen LogP contribution in [0.5, 0.6) is 0 Å². The number of rotatable bonds is 4. The Labute approximate surface area is 111 Å². The highest BCUT2D eigenvalue weighted by Crippen LogP contribution is 2.12. The second kappa shape index (κ2) is 5.40. The fourth-order valence-electron chi connectivity index (χ4n) is 2.54. The minimum Gasteiger partial charge on any atom is -0.352 e. The van der Waals surface area contributed by atoms with Crippen molar-refractivity contribution in [3.05, 3.63) is 30.1 Å². The van der Waals surface area contributed by atoms with E-state index in [4.69, 9.17) is 0 Å². The maximum atomic E-state index is 12.0. The SMILES string of the molecule is O=C(NCCC1CCCN1)c1ccc2nc[nH]c2c1. The third kappa shape index (κ3) is 2.76. The molecule has 1 amide bonds. The zero-order valence-electron chi connectivity index (χ0n) is 10.8. The number of nitrogens with zero attached hydrogens (tertiary/aromatic N) is 1. The van der Waals surface area contributed by atoms with Crippen molar-refractivity contribution in [2.24, 2.45) is 0 Å². The van der Waals surface area contributed by atoms with Crippen molar-refractivity contribution >= 4 is 16.9 Å². The van der Waals surface area contributed by atoms with Crippen LogP contribution in [0.15, 0.2) is 24.5 Å². The highest BCUT2D eigenvalue weighted by Gasteiger charge is 2.14. The summed E-state index contributed by atoms with van der Waals surface area (Å²) in [5.74, 6) is -0.0190. The Balaban J connectivity index is 1.56. The molecule has 0 bridgehead atoms. The van der Waals surface area contributed by atoms with Crippen molar-refractivity contribution in [1.29, 1.82) is 0 Å². The van der Waals surface area contributed by atoms with Crippen LogP contribution in [0.4, 0.5) is 0 Å². The van der Waals surface area contributed by atoms with Gasteiger partial charge in [0.05, 0.1) is 17.4 Å². The number of aromatic amines is 1. The smallest absolute Gasteiger partial charge is 0.251 e. The summed E-state index contributed by atoms with van der Waals surface area (Å²) in [6, 6.07) is 6.08. The quantitative estimate of drug-likeness (QED) is 0.777. The molecule has 5 heteroatoms. The number of nitrogens with one attached hydrogen (secondary N) is 3. The van der Waals surface area contributed by atoms with Crippen molar-refractivity contribution in [1.82, 2.24) is 20.6 Å². The number of benzene rings is 1. The molecule has 5 nitrogen and oxygen atoms in total. The maximum absolute atomic E-state index is 12.0. The first-order valence-electron chi connectivity index (χ1n) is 6.77. The van der Waals surface area contributed by atoms with E-state index in [0.29, 0.717) is 11.6 Å². The lowest BCUT2D eigenvalue weighted by Gasteiger charge is -2.10. The number of carbonyl (C=O) groups is 1. The molecular formula is C14H18N4O. The van der Waals surface area contributed by atoms with Crippen molar-refractivity contribution in [2.45, 2.75) is 25.3 Å². The van der Waals surface area contributed by atoms with E-state index in [1.165, 1.54) is 12.8 Å². The molecule has 1 aliphatic heterocycles. The highest BCUT2D eigenvalue weighted by molar-refractivity contribution is 5.97.